The summed E-state index contributed by atoms with van der Waals surface area (Å²) in [6.45, 7) is 1.96. The van der Waals surface area contributed by atoms with Gasteiger partial charge in [-0.25, -0.2) is 0 Å². The summed E-state index contributed by atoms with van der Waals surface area (Å²) in [5, 5.41) is 9.51. The zero-order chi connectivity index (χ0) is 9.14. The molecule has 0 aliphatic rings. The van der Waals surface area contributed by atoms with Crippen molar-refractivity contribution < 1.29 is 5.11 Å². The maximum atomic E-state index is 9.51. The molecule has 1 rings (SSSR count). The van der Waals surface area contributed by atoms with E-state index < -0.39 is 0 Å². The zero-order valence-corrected chi connectivity index (χ0v) is 9.89. The van der Waals surface area contributed by atoms with Gasteiger partial charge in [0.05, 0.1) is 6.10 Å². The Balaban J connectivity index is 2.96. The van der Waals surface area contributed by atoms with Gasteiger partial charge in [-0.1, -0.05) is 13.0 Å². The summed E-state index contributed by atoms with van der Waals surface area (Å²) >= 11 is 6.76. The first-order chi connectivity index (χ1) is 5.65. The highest BCUT2D eigenvalue weighted by molar-refractivity contribution is 9.13. The minimum Gasteiger partial charge on any atom is -0.388 e. The summed E-state index contributed by atoms with van der Waals surface area (Å²) in [4.78, 5) is 0. The van der Waals surface area contributed by atoms with E-state index >= 15 is 0 Å². The molecule has 12 heavy (non-hydrogen) atoms. The van der Waals surface area contributed by atoms with Crippen molar-refractivity contribution in [2.75, 3.05) is 0 Å². The highest BCUT2D eigenvalue weighted by Gasteiger charge is 2.05. The summed E-state index contributed by atoms with van der Waals surface area (Å²) in [7, 11) is 0. The van der Waals surface area contributed by atoms with Gasteiger partial charge >= 0.3 is 0 Å². The molecule has 0 aliphatic carbocycles. The summed E-state index contributed by atoms with van der Waals surface area (Å²) in [6.07, 6.45) is 0.392. The first kappa shape index (κ1) is 10.2. The Kier molecular flexibility index (Phi) is 3.75. The van der Waals surface area contributed by atoms with Gasteiger partial charge in [0.2, 0.25) is 0 Å². The molecule has 1 atom stereocenters. The Morgan fingerprint density at radius 2 is 2.00 bits per heavy atom. The van der Waals surface area contributed by atoms with E-state index in [2.05, 4.69) is 31.9 Å². The first-order valence-electron chi connectivity index (χ1n) is 3.78. The Bertz CT molecular complexity index is 273. The number of aliphatic hydroxyl groups excluding tert-OH is 1. The molecular weight excluding hydrogens is 284 g/mol. The van der Waals surface area contributed by atoms with E-state index in [9.17, 15) is 5.11 Å². The normalized spacial score (nSPS) is 13.0. The molecule has 0 aliphatic heterocycles. The van der Waals surface area contributed by atoms with Gasteiger partial charge < -0.3 is 5.11 Å². The largest absolute Gasteiger partial charge is 0.388 e. The minimum atomic E-state index is -0.352. The molecular formula is C9H10Br2O. The third-order valence-corrected chi connectivity index (χ3v) is 3.59. The zero-order valence-electron chi connectivity index (χ0n) is 6.72. The molecule has 1 aromatic carbocycles. The van der Waals surface area contributed by atoms with Crippen LogP contribution in [0.5, 0.6) is 0 Å². The van der Waals surface area contributed by atoms with Crippen LogP contribution in [0.15, 0.2) is 27.1 Å². The second-order valence-corrected chi connectivity index (χ2v) is 4.31. The highest BCUT2D eigenvalue weighted by Crippen LogP contribution is 2.27. The minimum absolute atomic E-state index is 0.352. The standard InChI is InChI=1S/C9H10Br2O/c1-2-9(12)6-3-4-7(10)8(11)5-6/h3-5,9,12H,2H2,1H3. The fourth-order valence-corrected chi connectivity index (χ4v) is 1.60. The van der Waals surface area contributed by atoms with E-state index in [-0.39, 0.29) is 6.10 Å². The van der Waals surface area contributed by atoms with Crippen LogP contribution >= 0.6 is 31.9 Å². The van der Waals surface area contributed by atoms with Crippen LogP contribution in [-0.2, 0) is 0 Å². The molecule has 0 spiro atoms. The molecule has 0 aromatic heterocycles. The lowest BCUT2D eigenvalue weighted by Gasteiger charge is -2.08. The number of hydrogen-bond donors (Lipinski definition) is 1. The smallest absolute Gasteiger partial charge is 0.0787 e. The second-order valence-electron chi connectivity index (χ2n) is 2.60. The van der Waals surface area contributed by atoms with Crippen LogP contribution in [0, 0.1) is 0 Å². The Hall–Kier alpha value is 0.140. The second kappa shape index (κ2) is 4.40. The van der Waals surface area contributed by atoms with E-state index in [0.717, 1.165) is 20.9 Å². The van der Waals surface area contributed by atoms with Crippen LogP contribution in [-0.4, -0.2) is 5.11 Å². The van der Waals surface area contributed by atoms with E-state index in [1.165, 1.54) is 0 Å². The maximum absolute atomic E-state index is 9.51. The molecule has 0 amide bonds. The lowest BCUT2D eigenvalue weighted by molar-refractivity contribution is 0.173. The Morgan fingerprint density at radius 1 is 1.33 bits per heavy atom. The first-order valence-corrected chi connectivity index (χ1v) is 5.36. The Labute approximate surface area is 89.1 Å². The molecule has 0 saturated carbocycles. The molecule has 0 fully saturated rings. The average Bonchev–Trinajstić information content (AvgIpc) is 2.08. The molecule has 1 unspecified atom stereocenters. The molecule has 0 saturated heterocycles. The molecule has 1 nitrogen and oxygen atoms in total. The van der Waals surface area contributed by atoms with Gasteiger partial charge in [-0.3, -0.25) is 0 Å². The molecule has 0 bridgehead atoms. The van der Waals surface area contributed by atoms with Crippen molar-refractivity contribution in [3.63, 3.8) is 0 Å². The van der Waals surface area contributed by atoms with Crippen molar-refractivity contribution in [2.45, 2.75) is 19.4 Å². The van der Waals surface area contributed by atoms with Crippen molar-refractivity contribution in [1.29, 1.82) is 0 Å². The van der Waals surface area contributed by atoms with Gasteiger partial charge in [0.25, 0.3) is 0 Å². The fourth-order valence-electron chi connectivity index (χ4n) is 0.955. The monoisotopic (exact) mass is 292 g/mol. The maximum Gasteiger partial charge on any atom is 0.0787 e. The summed E-state index contributed by atoms with van der Waals surface area (Å²) in [6, 6.07) is 5.78. The van der Waals surface area contributed by atoms with Crippen LogP contribution in [0.2, 0.25) is 0 Å². The van der Waals surface area contributed by atoms with Crippen molar-refractivity contribution in [1.82, 2.24) is 0 Å². The Morgan fingerprint density at radius 3 is 2.50 bits per heavy atom. The molecule has 1 N–H and O–H groups in total. The predicted molar refractivity (Wildman–Crippen MR) is 57.1 cm³/mol. The summed E-state index contributed by atoms with van der Waals surface area (Å²) < 4.78 is 1.99. The van der Waals surface area contributed by atoms with Gasteiger partial charge in [-0.15, -0.1) is 0 Å². The van der Waals surface area contributed by atoms with E-state index in [1.54, 1.807) is 0 Å². The lowest BCUT2D eigenvalue weighted by atomic mass is 10.1. The van der Waals surface area contributed by atoms with Gasteiger partial charge in [0.1, 0.15) is 0 Å². The van der Waals surface area contributed by atoms with Gasteiger partial charge in [0, 0.05) is 8.95 Å². The van der Waals surface area contributed by atoms with Crippen molar-refractivity contribution >= 4 is 31.9 Å². The number of aliphatic hydroxyl groups is 1. The van der Waals surface area contributed by atoms with Crippen LogP contribution in [0.3, 0.4) is 0 Å². The quantitative estimate of drug-likeness (QED) is 0.882. The molecule has 3 heteroatoms. The number of rotatable bonds is 2. The summed E-state index contributed by atoms with van der Waals surface area (Å²) in [5.74, 6) is 0. The van der Waals surface area contributed by atoms with Crippen molar-refractivity contribution in [2.24, 2.45) is 0 Å². The van der Waals surface area contributed by atoms with E-state index in [0.29, 0.717) is 0 Å². The molecule has 0 heterocycles. The molecule has 1 aromatic rings. The molecule has 66 valence electrons. The van der Waals surface area contributed by atoms with Crippen molar-refractivity contribution in [3.8, 4) is 0 Å². The third kappa shape index (κ3) is 2.31. The SMILES string of the molecule is CCC(O)c1ccc(Br)c(Br)c1. The fraction of sp³-hybridized carbons (Fsp3) is 0.333. The highest BCUT2D eigenvalue weighted by atomic mass is 79.9. The van der Waals surface area contributed by atoms with E-state index in [1.807, 2.05) is 25.1 Å². The van der Waals surface area contributed by atoms with Gasteiger partial charge in [-0.05, 0) is 56.0 Å². The van der Waals surface area contributed by atoms with Crippen LogP contribution in [0.1, 0.15) is 25.0 Å². The predicted octanol–water partition coefficient (Wildman–Crippen LogP) is 3.66. The number of benzene rings is 1. The average molecular weight is 294 g/mol. The van der Waals surface area contributed by atoms with Crippen LogP contribution < -0.4 is 0 Å². The van der Waals surface area contributed by atoms with Gasteiger partial charge in [-0.2, -0.15) is 0 Å². The lowest BCUT2D eigenvalue weighted by Crippen LogP contribution is -1.94. The number of halogens is 2. The third-order valence-electron chi connectivity index (χ3n) is 1.72. The van der Waals surface area contributed by atoms with Crippen molar-refractivity contribution in [3.05, 3.63) is 32.7 Å². The number of hydrogen-bond acceptors (Lipinski definition) is 1. The van der Waals surface area contributed by atoms with Crippen LogP contribution in [0.4, 0.5) is 0 Å². The van der Waals surface area contributed by atoms with E-state index in [4.69, 9.17) is 0 Å². The van der Waals surface area contributed by atoms with Gasteiger partial charge in [0.15, 0.2) is 0 Å². The topological polar surface area (TPSA) is 20.2 Å². The summed E-state index contributed by atoms with van der Waals surface area (Å²) in [5.41, 5.74) is 0.951. The molecule has 0 radical (unpaired) electrons. The van der Waals surface area contributed by atoms with Crippen LogP contribution in [0.25, 0.3) is 0 Å².